The maximum atomic E-state index is 5.79. The molecule has 0 amide bonds. The summed E-state index contributed by atoms with van der Waals surface area (Å²) in [4.78, 5) is 0. The lowest BCUT2D eigenvalue weighted by Crippen LogP contribution is -2.21. The Morgan fingerprint density at radius 2 is 2.10 bits per heavy atom. The normalized spacial score (nSPS) is 22.2. The van der Waals surface area contributed by atoms with Crippen LogP contribution in [0, 0.1) is 5.92 Å². The summed E-state index contributed by atoms with van der Waals surface area (Å²) in [7, 11) is 0.795. The lowest BCUT2D eigenvalue weighted by Gasteiger charge is -2.15. The molecule has 2 unspecified atom stereocenters. The highest BCUT2D eigenvalue weighted by Gasteiger charge is 2.39. The Kier molecular flexibility index (Phi) is 5.51. The topological polar surface area (TPSA) is 23.4 Å². The Labute approximate surface area is 131 Å². The number of rotatable bonds is 8. The van der Waals surface area contributed by atoms with E-state index in [0.29, 0.717) is 18.6 Å². The van der Waals surface area contributed by atoms with E-state index in [-0.39, 0.29) is 0 Å². The molecule has 1 aromatic rings. The summed E-state index contributed by atoms with van der Waals surface area (Å²) >= 11 is 3.67. The van der Waals surface area contributed by atoms with Crippen molar-refractivity contribution in [3.63, 3.8) is 0 Å². The highest BCUT2D eigenvalue weighted by Crippen LogP contribution is 2.49. The standard InChI is InChI=1S/C15H26BrNO2Si/c1-18-10-12-7-13(12)14-8-17(9-15(14)16)11-19-5-6-20(2,3)4/h8-9,12-13H,5-7,10-11H2,1-4H3. The van der Waals surface area contributed by atoms with Gasteiger partial charge < -0.3 is 14.0 Å². The number of halogens is 1. The predicted octanol–water partition coefficient (Wildman–Crippen LogP) is 4.31. The average Bonchev–Trinajstić information content (AvgIpc) is 2.99. The van der Waals surface area contributed by atoms with E-state index in [9.17, 15) is 0 Å². The molecule has 0 spiro atoms. The first-order valence-electron chi connectivity index (χ1n) is 7.32. The largest absolute Gasteiger partial charge is 0.384 e. The van der Waals surface area contributed by atoms with Gasteiger partial charge in [0.05, 0.1) is 0 Å². The van der Waals surface area contributed by atoms with Crippen molar-refractivity contribution >= 4 is 24.0 Å². The second-order valence-corrected chi connectivity index (χ2v) is 13.5. The van der Waals surface area contributed by atoms with E-state index in [1.807, 2.05) is 0 Å². The summed E-state index contributed by atoms with van der Waals surface area (Å²) in [5, 5.41) is 0. The monoisotopic (exact) mass is 359 g/mol. The van der Waals surface area contributed by atoms with Crippen LogP contribution in [-0.2, 0) is 16.2 Å². The first kappa shape index (κ1) is 16.3. The number of aromatic nitrogens is 1. The zero-order valence-electron chi connectivity index (χ0n) is 13.0. The molecule has 0 N–H and O–H groups in total. The van der Waals surface area contributed by atoms with Crippen LogP contribution in [0.3, 0.4) is 0 Å². The number of nitrogens with zero attached hydrogens (tertiary/aromatic N) is 1. The van der Waals surface area contributed by atoms with E-state index in [4.69, 9.17) is 9.47 Å². The first-order chi connectivity index (χ1) is 9.40. The molecule has 0 radical (unpaired) electrons. The number of hydrogen-bond donors (Lipinski definition) is 0. The molecule has 1 heterocycles. The lowest BCUT2D eigenvalue weighted by molar-refractivity contribution is 0.0873. The van der Waals surface area contributed by atoms with Crippen molar-refractivity contribution in [2.75, 3.05) is 20.3 Å². The third-order valence-corrected chi connectivity index (χ3v) is 6.17. The van der Waals surface area contributed by atoms with Crippen LogP contribution in [0.4, 0.5) is 0 Å². The molecule has 5 heteroatoms. The van der Waals surface area contributed by atoms with Gasteiger partial charge in [-0.2, -0.15) is 0 Å². The van der Waals surface area contributed by atoms with E-state index < -0.39 is 8.07 Å². The fourth-order valence-electron chi connectivity index (χ4n) is 2.42. The molecule has 1 aromatic heterocycles. The zero-order valence-corrected chi connectivity index (χ0v) is 15.6. The van der Waals surface area contributed by atoms with Crippen LogP contribution in [0.2, 0.25) is 25.7 Å². The van der Waals surface area contributed by atoms with Crippen LogP contribution in [0.15, 0.2) is 16.9 Å². The van der Waals surface area contributed by atoms with E-state index in [1.165, 1.54) is 22.5 Å². The van der Waals surface area contributed by atoms with Crippen LogP contribution in [0.5, 0.6) is 0 Å². The molecule has 0 aliphatic heterocycles. The SMILES string of the molecule is COCC1CC1c1cn(COCC[Si](C)(C)C)cc1Br. The minimum atomic E-state index is -0.985. The van der Waals surface area contributed by atoms with E-state index >= 15 is 0 Å². The Bertz CT molecular complexity index is 442. The van der Waals surface area contributed by atoms with Crippen LogP contribution in [0.25, 0.3) is 0 Å². The van der Waals surface area contributed by atoms with Crippen molar-refractivity contribution in [2.24, 2.45) is 5.92 Å². The van der Waals surface area contributed by atoms with Gasteiger partial charge in [-0.25, -0.2) is 0 Å². The Hall–Kier alpha value is -0.103. The Morgan fingerprint density at radius 3 is 2.75 bits per heavy atom. The molecule has 0 aromatic carbocycles. The minimum absolute atomic E-state index is 0.657. The summed E-state index contributed by atoms with van der Waals surface area (Å²) in [6, 6.07) is 1.22. The van der Waals surface area contributed by atoms with Crippen molar-refractivity contribution < 1.29 is 9.47 Å². The minimum Gasteiger partial charge on any atom is -0.384 e. The van der Waals surface area contributed by atoms with Crippen molar-refractivity contribution in [2.45, 2.75) is 44.8 Å². The fraction of sp³-hybridized carbons (Fsp3) is 0.733. The third-order valence-electron chi connectivity index (χ3n) is 3.80. The van der Waals surface area contributed by atoms with Gasteiger partial charge in [0.15, 0.2) is 0 Å². The molecule has 3 nitrogen and oxygen atoms in total. The summed E-state index contributed by atoms with van der Waals surface area (Å²) < 4.78 is 14.4. The van der Waals surface area contributed by atoms with E-state index in [0.717, 1.165) is 13.2 Å². The second kappa shape index (κ2) is 6.77. The van der Waals surface area contributed by atoms with Gasteiger partial charge in [0.25, 0.3) is 0 Å². The fourth-order valence-corrected chi connectivity index (χ4v) is 3.84. The van der Waals surface area contributed by atoms with Gasteiger partial charge in [-0.15, -0.1) is 0 Å². The van der Waals surface area contributed by atoms with Crippen molar-refractivity contribution in [1.29, 1.82) is 0 Å². The zero-order chi connectivity index (χ0) is 14.8. The molecular weight excluding hydrogens is 334 g/mol. The maximum Gasteiger partial charge on any atom is 0.122 e. The number of methoxy groups -OCH3 is 1. The molecule has 1 fully saturated rings. The smallest absolute Gasteiger partial charge is 0.122 e. The summed E-state index contributed by atoms with van der Waals surface area (Å²) in [6.07, 6.45) is 5.60. The van der Waals surface area contributed by atoms with Crippen LogP contribution < -0.4 is 0 Å². The number of ether oxygens (including phenoxy) is 2. The first-order valence-corrected chi connectivity index (χ1v) is 11.8. The summed E-state index contributed by atoms with van der Waals surface area (Å²) in [5.41, 5.74) is 1.40. The summed E-state index contributed by atoms with van der Waals surface area (Å²) in [5.74, 6) is 1.35. The lowest BCUT2D eigenvalue weighted by atomic mass is 10.2. The van der Waals surface area contributed by atoms with Gasteiger partial charge in [0.1, 0.15) is 6.73 Å². The summed E-state index contributed by atoms with van der Waals surface area (Å²) in [6.45, 7) is 9.54. The molecule has 1 saturated carbocycles. The van der Waals surface area contributed by atoms with Crippen LogP contribution in [0.1, 0.15) is 17.9 Å². The predicted molar refractivity (Wildman–Crippen MR) is 89.0 cm³/mol. The van der Waals surface area contributed by atoms with E-state index in [1.54, 1.807) is 7.11 Å². The van der Waals surface area contributed by atoms with Crippen molar-refractivity contribution in [3.8, 4) is 0 Å². The molecule has 114 valence electrons. The van der Waals surface area contributed by atoms with Crippen LogP contribution in [-0.4, -0.2) is 33.0 Å². The molecule has 0 saturated heterocycles. The van der Waals surface area contributed by atoms with Gasteiger partial charge in [-0.05, 0) is 45.8 Å². The van der Waals surface area contributed by atoms with Gasteiger partial charge in [-0.3, -0.25) is 0 Å². The van der Waals surface area contributed by atoms with Gasteiger partial charge >= 0.3 is 0 Å². The van der Waals surface area contributed by atoms with E-state index in [2.05, 4.69) is 52.5 Å². The van der Waals surface area contributed by atoms with Crippen molar-refractivity contribution in [1.82, 2.24) is 4.57 Å². The molecule has 0 bridgehead atoms. The molecule has 2 atom stereocenters. The second-order valence-electron chi connectivity index (χ2n) is 6.98. The van der Waals surface area contributed by atoms with Crippen molar-refractivity contribution in [3.05, 3.63) is 22.4 Å². The highest BCUT2D eigenvalue weighted by molar-refractivity contribution is 9.10. The molecule has 1 aliphatic rings. The Balaban J connectivity index is 1.80. The highest BCUT2D eigenvalue weighted by atomic mass is 79.9. The third kappa shape index (κ3) is 4.72. The van der Waals surface area contributed by atoms with Gasteiger partial charge in [0.2, 0.25) is 0 Å². The number of hydrogen-bond acceptors (Lipinski definition) is 2. The molecule has 2 rings (SSSR count). The Morgan fingerprint density at radius 1 is 1.35 bits per heavy atom. The van der Waals surface area contributed by atoms with Gasteiger partial charge in [0, 0.05) is 45.3 Å². The van der Waals surface area contributed by atoms with Gasteiger partial charge in [-0.1, -0.05) is 19.6 Å². The molecule has 20 heavy (non-hydrogen) atoms. The molecule has 1 aliphatic carbocycles. The average molecular weight is 360 g/mol. The molecular formula is C15H26BrNO2Si. The maximum absolute atomic E-state index is 5.79. The quantitative estimate of drug-likeness (QED) is 0.509. The van der Waals surface area contributed by atoms with Crippen LogP contribution >= 0.6 is 15.9 Å².